The zero-order valence-corrected chi connectivity index (χ0v) is 47.5. The molecule has 0 fully saturated rings. The predicted octanol–water partition coefficient (Wildman–Crippen LogP) is 13.2. The molecule has 0 spiro atoms. The summed E-state index contributed by atoms with van der Waals surface area (Å²) < 4.78 is 44.6. The number of ether oxygens (including phenoxy) is 4. The summed E-state index contributed by atoms with van der Waals surface area (Å²) in [6, 6.07) is 6.78. The van der Waals surface area contributed by atoms with Crippen molar-refractivity contribution < 1.29 is 56.6 Å². The largest absolute Gasteiger partial charge is 0.756 e. The first-order valence-electron chi connectivity index (χ1n) is 28.9. The van der Waals surface area contributed by atoms with Gasteiger partial charge < -0.3 is 38.6 Å². The highest BCUT2D eigenvalue weighted by molar-refractivity contribution is 7.45. The van der Waals surface area contributed by atoms with Gasteiger partial charge in [0.25, 0.3) is 7.82 Å². The summed E-state index contributed by atoms with van der Waals surface area (Å²) in [7, 11) is -3.35. The van der Waals surface area contributed by atoms with Gasteiger partial charge >= 0.3 is 17.9 Å². The number of nitrogens with zero attached hydrogens (tertiary/aromatic N) is 3. The van der Waals surface area contributed by atoms with Crippen LogP contribution >= 0.6 is 7.82 Å². The molecule has 2 unspecified atom stereocenters. The second-order valence-electron chi connectivity index (χ2n) is 20.0. The van der Waals surface area contributed by atoms with E-state index in [1.807, 2.05) is 0 Å². The lowest BCUT2D eigenvalue weighted by Gasteiger charge is -2.25. The molecule has 0 radical (unpaired) electrons. The van der Waals surface area contributed by atoms with E-state index in [2.05, 4.69) is 48.1 Å². The molecule has 1 aromatic heterocycles. The van der Waals surface area contributed by atoms with Crippen LogP contribution in [0.15, 0.2) is 48.6 Å². The number of rotatable bonds is 48. The van der Waals surface area contributed by atoms with E-state index < -0.39 is 32.5 Å². The number of unbranched alkanes of at least 4 members (excludes halogenated alkanes) is 22. The minimum Gasteiger partial charge on any atom is -0.756 e. The van der Waals surface area contributed by atoms with Crippen molar-refractivity contribution in [1.82, 2.24) is 9.97 Å². The standard InChI is InChI=1S/C59H95N4O12P/c1-4-6-8-10-12-14-16-18-20-22-24-26-28-30-32-36-55(66)72-47-51(75-56(67)37-33-31-29-27-25-23-21-19-17-15-13-11-9-7-5-2)48-74-76(68,69)73-42-34-35-53(64)50-40-38-49(39-41-50)46-63-54(65)45-52-57(60)61-59(62-58(52)63)71-44-43-70-3/h18-21,38-41,51H,4-17,22-37,42-48H2,1-3H3,(H,68,69)(H2,60,61,62)/p-1/b20-18+,21-19+. The van der Waals surface area contributed by atoms with Crippen molar-refractivity contribution in [2.24, 2.45) is 0 Å². The third-order valence-electron chi connectivity index (χ3n) is 13.2. The van der Waals surface area contributed by atoms with Gasteiger partial charge in [-0.1, -0.05) is 165 Å². The maximum Gasteiger partial charge on any atom is 0.320 e. The molecule has 0 aliphatic carbocycles. The molecule has 1 amide bonds. The monoisotopic (exact) mass is 1080 g/mol. The van der Waals surface area contributed by atoms with Crippen LogP contribution in [-0.2, 0) is 55.2 Å². The van der Waals surface area contributed by atoms with Crippen LogP contribution in [0, 0.1) is 0 Å². The summed E-state index contributed by atoms with van der Waals surface area (Å²) in [6.07, 6.45) is 38.0. The van der Waals surface area contributed by atoms with Crippen LogP contribution in [0.4, 0.5) is 11.6 Å². The van der Waals surface area contributed by atoms with Crippen molar-refractivity contribution in [2.45, 2.75) is 226 Å². The summed E-state index contributed by atoms with van der Waals surface area (Å²) in [4.78, 5) is 74.5. The van der Waals surface area contributed by atoms with E-state index in [0.29, 0.717) is 36.4 Å². The van der Waals surface area contributed by atoms with Gasteiger partial charge in [-0.25, -0.2) is 0 Å². The number of carbonyl (C=O) groups is 4. The summed E-state index contributed by atoms with van der Waals surface area (Å²) in [6.45, 7) is 3.92. The third kappa shape index (κ3) is 30.5. The summed E-state index contributed by atoms with van der Waals surface area (Å²) in [5, 5.41) is 0. The van der Waals surface area contributed by atoms with Crippen molar-refractivity contribution >= 4 is 43.1 Å². The average molecular weight is 1080 g/mol. The predicted molar refractivity (Wildman–Crippen MR) is 298 cm³/mol. The first-order chi connectivity index (χ1) is 37.0. The van der Waals surface area contributed by atoms with Crippen molar-refractivity contribution in [3.63, 3.8) is 0 Å². The van der Waals surface area contributed by atoms with Crippen LogP contribution in [0.2, 0.25) is 0 Å². The quantitative estimate of drug-likeness (QED) is 0.0214. The van der Waals surface area contributed by atoms with Crippen LogP contribution < -0.4 is 20.3 Å². The smallest absolute Gasteiger partial charge is 0.320 e. The third-order valence-corrected chi connectivity index (χ3v) is 14.2. The molecule has 428 valence electrons. The minimum absolute atomic E-state index is 0.0113. The Morgan fingerprint density at radius 3 is 1.74 bits per heavy atom. The number of nitrogens with two attached hydrogens (primary N) is 1. The average Bonchev–Trinajstić information content (AvgIpc) is 3.74. The molecule has 2 aromatic rings. The van der Waals surface area contributed by atoms with Crippen LogP contribution in [-0.4, -0.2) is 79.8 Å². The zero-order chi connectivity index (χ0) is 54.9. The number of aromatic nitrogens is 2. The summed E-state index contributed by atoms with van der Waals surface area (Å²) in [5.41, 5.74) is 7.78. The number of hydrogen-bond acceptors (Lipinski definition) is 15. The number of nitrogen functional groups attached to an aromatic ring is 1. The van der Waals surface area contributed by atoms with E-state index >= 15 is 0 Å². The molecule has 1 aromatic carbocycles. The lowest BCUT2D eigenvalue weighted by Crippen LogP contribution is -2.30. The Balaban J connectivity index is 1.40. The fourth-order valence-electron chi connectivity index (χ4n) is 8.71. The highest BCUT2D eigenvalue weighted by Crippen LogP contribution is 2.39. The molecular formula is C59H94N4O12P-. The molecule has 76 heavy (non-hydrogen) atoms. The van der Waals surface area contributed by atoms with Gasteiger partial charge in [-0.2, -0.15) is 9.97 Å². The highest BCUT2D eigenvalue weighted by Gasteiger charge is 2.32. The fourth-order valence-corrected chi connectivity index (χ4v) is 9.49. The molecule has 1 aliphatic heterocycles. The molecule has 0 bridgehead atoms. The van der Waals surface area contributed by atoms with Crippen molar-refractivity contribution in [3.8, 4) is 6.01 Å². The second-order valence-corrected chi connectivity index (χ2v) is 21.4. The van der Waals surface area contributed by atoms with Gasteiger partial charge in [0.05, 0.1) is 32.8 Å². The van der Waals surface area contributed by atoms with Gasteiger partial charge in [0.2, 0.25) is 5.91 Å². The van der Waals surface area contributed by atoms with Crippen molar-refractivity contribution in [2.75, 3.05) is 50.8 Å². The van der Waals surface area contributed by atoms with Crippen LogP contribution in [0.5, 0.6) is 6.01 Å². The molecule has 3 rings (SSSR count). The molecule has 2 N–H and O–H groups in total. The normalized spacial score (nSPS) is 13.6. The molecule has 16 nitrogen and oxygen atoms in total. The van der Waals surface area contributed by atoms with Gasteiger partial charge in [0.15, 0.2) is 11.9 Å². The Hall–Kier alpha value is -4.47. The van der Waals surface area contributed by atoms with Crippen LogP contribution in [0.3, 0.4) is 0 Å². The maximum absolute atomic E-state index is 13.0. The second kappa shape index (κ2) is 41.6. The zero-order valence-electron chi connectivity index (χ0n) is 46.6. The van der Waals surface area contributed by atoms with E-state index in [1.54, 1.807) is 31.4 Å². The van der Waals surface area contributed by atoms with Gasteiger partial charge in [0, 0.05) is 37.5 Å². The SMILES string of the molecule is CCCCCCCC/C=C/CCCCCCCC(=O)OCC(COP(=O)([O-])OCCCC(=O)c1ccc(CN2C(=O)Cc3c(N)nc(OCCOC)nc32)cc1)OC(=O)CCCCCCC/C=C/CCCCCCCC. The van der Waals surface area contributed by atoms with E-state index in [9.17, 15) is 28.6 Å². The number of methoxy groups -OCH3 is 1. The molecule has 2 heterocycles. The van der Waals surface area contributed by atoms with Crippen LogP contribution in [0.25, 0.3) is 0 Å². The Morgan fingerprint density at radius 2 is 1.18 bits per heavy atom. The van der Waals surface area contributed by atoms with Gasteiger partial charge in [-0.05, 0) is 76.2 Å². The van der Waals surface area contributed by atoms with Crippen LogP contribution in [0.1, 0.15) is 228 Å². The Kier molecular flexibility index (Phi) is 36.0. The molecule has 0 saturated heterocycles. The number of esters is 2. The molecule has 2 atom stereocenters. The number of fused-ring (bicyclic) bond motifs is 1. The van der Waals surface area contributed by atoms with Crippen molar-refractivity contribution in [1.29, 1.82) is 0 Å². The Labute approximate surface area is 455 Å². The van der Waals surface area contributed by atoms with E-state index in [1.165, 1.54) is 81.9 Å². The van der Waals surface area contributed by atoms with E-state index in [0.717, 1.165) is 82.6 Å². The number of Topliss-reactive ketones (excluding diaryl/α,β-unsaturated/α-hetero) is 1. The first kappa shape index (κ1) is 65.8. The molecule has 17 heteroatoms. The number of hydrogen-bond donors (Lipinski definition) is 1. The number of carbonyl (C=O) groups excluding carboxylic acids is 4. The summed E-state index contributed by atoms with van der Waals surface area (Å²) in [5.74, 6) is -0.885. The number of ketones is 1. The maximum atomic E-state index is 13.0. The van der Waals surface area contributed by atoms with E-state index in [-0.39, 0.29) is 82.0 Å². The number of amides is 1. The topological polar surface area (TPSA) is 219 Å². The number of allylic oxidation sites excluding steroid dienone is 4. The number of anilines is 2. The number of benzene rings is 1. The molecular weight excluding hydrogens is 988 g/mol. The van der Waals surface area contributed by atoms with E-state index in [4.69, 9.17) is 33.7 Å². The van der Waals surface area contributed by atoms with Gasteiger partial charge in [0.1, 0.15) is 24.8 Å². The summed E-state index contributed by atoms with van der Waals surface area (Å²) >= 11 is 0. The molecule has 1 aliphatic rings. The van der Waals surface area contributed by atoms with Gasteiger partial charge in [-0.3, -0.25) is 28.6 Å². The first-order valence-corrected chi connectivity index (χ1v) is 30.4. The van der Waals surface area contributed by atoms with Crippen molar-refractivity contribution in [3.05, 3.63) is 65.3 Å². The fraction of sp³-hybridized carbons (Fsp3) is 0.695. The Bertz CT molecular complexity index is 2030. The lowest BCUT2D eigenvalue weighted by atomic mass is 10.0. The number of phosphoric ester groups is 1. The minimum atomic E-state index is -4.90. The molecule has 0 saturated carbocycles. The Morgan fingerprint density at radius 1 is 0.658 bits per heavy atom. The highest BCUT2D eigenvalue weighted by atomic mass is 31.2. The lowest BCUT2D eigenvalue weighted by molar-refractivity contribution is -0.228. The number of phosphoric acid groups is 1. The van der Waals surface area contributed by atoms with Gasteiger partial charge in [-0.15, -0.1) is 0 Å².